The molecule has 0 radical (unpaired) electrons. The molecule has 8 heteroatoms. The SMILES string of the molecule is COC[C@H](C)Nc1nc(-c2ccc3c(c2)C[C@@H](C)N3S(C)(=O)=O)cs1. The van der Waals surface area contributed by atoms with Crippen molar-refractivity contribution in [2.45, 2.75) is 32.4 Å². The molecule has 2 aromatic rings. The van der Waals surface area contributed by atoms with Gasteiger partial charge in [0.05, 0.1) is 24.2 Å². The highest BCUT2D eigenvalue weighted by Crippen LogP contribution is 2.37. The number of methoxy groups -OCH3 is 1. The largest absolute Gasteiger partial charge is 0.383 e. The number of fused-ring (bicyclic) bond motifs is 1. The van der Waals surface area contributed by atoms with Crippen molar-refractivity contribution >= 4 is 32.2 Å². The van der Waals surface area contributed by atoms with Gasteiger partial charge in [-0.05, 0) is 38.0 Å². The van der Waals surface area contributed by atoms with E-state index in [2.05, 4.69) is 16.4 Å². The maximum atomic E-state index is 12.0. The van der Waals surface area contributed by atoms with Crippen LogP contribution in [0.25, 0.3) is 11.3 Å². The summed E-state index contributed by atoms with van der Waals surface area (Å²) in [5, 5.41) is 6.18. The second kappa shape index (κ2) is 6.93. The average Bonchev–Trinajstić information content (AvgIpc) is 3.09. The van der Waals surface area contributed by atoms with Crippen molar-refractivity contribution in [3.05, 3.63) is 29.1 Å². The smallest absolute Gasteiger partial charge is 0.232 e. The number of hydrogen-bond acceptors (Lipinski definition) is 6. The summed E-state index contributed by atoms with van der Waals surface area (Å²) < 4.78 is 30.7. The standard InChI is InChI=1S/C17H23N3O3S2/c1-11(9-23-3)18-17-19-15(10-24-17)13-5-6-16-14(8-13)7-12(2)20(16)25(4,21)22/h5-6,8,10-12H,7,9H2,1-4H3,(H,18,19)/t11-,12+/m0/s1. The van der Waals surface area contributed by atoms with Gasteiger partial charge in [-0.1, -0.05) is 6.07 Å². The lowest BCUT2D eigenvalue weighted by Crippen LogP contribution is -2.34. The molecule has 3 rings (SSSR count). The maximum Gasteiger partial charge on any atom is 0.232 e. The third-order valence-corrected chi connectivity index (χ3v) is 6.22. The Balaban J connectivity index is 1.85. The van der Waals surface area contributed by atoms with E-state index in [0.717, 1.165) is 34.1 Å². The molecular weight excluding hydrogens is 358 g/mol. The molecule has 25 heavy (non-hydrogen) atoms. The minimum atomic E-state index is -3.26. The summed E-state index contributed by atoms with van der Waals surface area (Å²) in [5.74, 6) is 0. The quantitative estimate of drug-likeness (QED) is 0.833. The molecule has 136 valence electrons. The van der Waals surface area contributed by atoms with Gasteiger partial charge in [0.25, 0.3) is 0 Å². The highest BCUT2D eigenvalue weighted by Gasteiger charge is 2.32. The van der Waals surface area contributed by atoms with Crippen LogP contribution in [-0.2, 0) is 21.2 Å². The number of thiazole rings is 1. The van der Waals surface area contributed by atoms with E-state index in [1.165, 1.54) is 10.6 Å². The van der Waals surface area contributed by atoms with Gasteiger partial charge in [-0.2, -0.15) is 0 Å². The lowest BCUT2D eigenvalue weighted by atomic mass is 10.1. The fourth-order valence-corrected chi connectivity index (χ4v) is 5.34. The summed E-state index contributed by atoms with van der Waals surface area (Å²) in [6.45, 7) is 4.59. The molecule has 1 aromatic carbocycles. The first-order chi connectivity index (χ1) is 11.8. The fourth-order valence-electron chi connectivity index (χ4n) is 3.24. The Labute approximate surface area is 152 Å². The molecule has 2 atom stereocenters. The van der Waals surface area contributed by atoms with Gasteiger partial charge in [-0.25, -0.2) is 13.4 Å². The number of benzene rings is 1. The number of aromatic nitrogens is 1. The van der Waals surface area contributed by atoms with Gasteiger partial charge in [-0.15, -0.1) is 11.3 Å². The summed E-state index contributed by atoms with van der Waals surface area (Å²) in [5.41, 5.74) is 3.72. The normalized spacial score (nSPS) is 18.2. The first kappa shape index (κ1) is 18.2. The molecule has 6 nitrogen and oxygen atoms in total. The number of rotatable bonds is 6. The van der Waals surface area contributed by atoms with Crippen LogP contribution in [0.4, 0.5) is 10.8 Å². The molecule has 0 amide bonds. The van der Waals surface area contributed by atoms with Gasteiger partial charge < -0.3 is 10.1 Å². The van der Waals surface area contributed by atoms with Crippen LogP contribution < -0.4 is 9.62 Å². The third kappa shape index (κ3) is 3.80. The fraction of sp³-hybridized carbons (Fsp3) is 0.471. The summed E-state index contributed by atoms with van der Waals surface area (Å²) in [4.78, 5) is 4.64. The minimum Gasteiger partial charge on any atom is -0.383 e. The second-order valence-electron chi connectivity index (χ2n) is 6.49. The van der Waals surface area contributed by atoms with Crippen molar-refractivity contribution in [2.24, 2.45) is 0 Å². The van der Waals surface area contributed by atoms with Crippen LogP contribution in [0, 0.1) is 0 Å². The van der Waals surface area contributed by atoms with Crippen molar-refractivity contribution in [3.63, 3.8) is 0 Å². The number of nitrogens with one attached hydrogen (secondary N) is 1. The number of nitrogens with zero attached hydrogens (tertiary/aromatic N) is 2. The topological polar surface area (TPSA) is 71.5 Å². The number of hydrogen-bond donors (Lipinski definition) is 1. The Hall–Kier alpha value is -1.64. The Morgan fingerprint density at radius 1 is 1.48 bits per heavy atom. The van der Waals surface area contributed by atoms with Gasteiger partial charge in [-0.3, -0.25) is 4.31 Å². The van der Waals surface area contributed by atoms with Gasteiger partial charge >= 0.3 is 0 Å². The second-order valence-corrected chi connectivity index (χ2v) is 9.21. The van der Waals surface area contributed by atoms with Crippen LogP contribution in [0.1, 0.15) is 19.4 Å². The summed E-state index contributed by atoms with van der Waals surface area (Å²) in [6, 6.07) is 6.01. The lowest BCUT2D eigenvalue weighted by molar-refractivity contribution is 0.190. The van der Waals surface area contributed by atoms with E-state index in [4.69, 9.17) is 4.74 Å². The Morgan fingerprint density at radius 3 is 2.92 bits per heavy atom. The first-order valence-corrected chi connectivity index (χ1v) is 10.9. The van der Waals surface area contributed by atoms with Crippen LogP contribution in [-0.4, -0.2) is 45.5 Å². The highest BCUT2D eigenvalue weighted by molar-refractivity contribution is 7.92. The molecule has 0 bridgehead atoms. The van der Waals surface area contributed by atoms with E-state index >= 15 is 0 Å². The number of sulfonamides is 1. The van der Waals surface area contributed by atoms with Crippen LogP contribution in [0.3, 0.4) is 0 Å². The molecule has 0 spiro atoms. The zero-order valence-corrected chi connectivity index (χ0v) is 16.4. The van der Waals surface area contributed by atoms with E-state index in [0.29, 0.717) is 6.61 Å². The van der Waals surface area contributed by atoms with Gasteiger partial charge in [0.1, 0.15) is 0 Å². The molecule has 1 aliphatic rings. The Morgan fingerprint density at radius 2 is 2.24 bits per heavy atom. The van der Waals surface area contributed by atoms with Crippen molar-refractivity contribution in [2.75, 3.05) is 29.6 Å². The molecule has 1 aromatic heterocycles. The van der Waals surface area contributed by atoms with E-state index in [1.54, 1.807) is 18.4 Å². The minimum absolute atomic E-state index is 0.0530. The third-order valence-electron chi connectivity index (χ3n) is 4.18. The van der Waals surface area contributed by atoms with Gasteiger partial charge in [0.15, 0.2) is 5.13 Å². The number of ether oxygens (including phenoxy) is 1. The van der Waals surface area contributed by atoms with Crippen molar-refractivity contribution in [1.82, 2.24) is 4.98 Å². The Kier molecular flexibility index (Phi) is 5.04. The highest BCUT2D eigenvalue weighted by atomic mass is 32.2. The molecule has 0 saturated heterocycles. The van der Waals surface area contributed by atoms with Crippen molar-refractivity contribution in [1.29, 1.82) is 0 Å². The van der Waals surface area contributed by atoms with E-state index in [-0.39, 0.29) is 12.1 Å². The van der Waals surface area contributed by atoms with Crippen LogP contribution >= 0.6 is 11.3 Å². The van der Waals surface area contributed by atoms with Gasteiger partial charge in [0, 0.05) is 30.1 Å². The molecule has 0 saturated carbocycles. The summed E-state index contributed by atoms with van der Waals surface area (Å²) in [7, 11) is -1.58. The molecule has 1 aliphatic heterocycles. The van der Waals surface area contributed by atoms with Crippen LogP contribution in [0.15, 0.2) is 23.6 Å². The molecule has 0 unspecified atom stereocenters. The van der Waals surface area contributed by atoms with Crippen LogP contribution in [0.5, 0.6) is 0 Å². The van der Waals surface area contributed by atoms with Crippen molar-refractivity contribution < 1.29 is 13.2 Å². The van der Waals surface area contributed by atoms with Crippen LogP contribution in [0.2, 0.25) is 0 Å². The molecule has 2 heterocycles. The monoisotopic (exact) mass is 381 g/mol. The van der Waals surface area contributed by atoms with E-state index < -0.39 is 10.0 Å². The summed E-state index contributed by atoms with van der Waals surface area (Å²) in [6.07, 6.45) is 1.97. The average molecular weight is 382 g/mol. The number of anilines is 2. The zero-order chi connectivity index (χ0) is 18.2. The summed E-state index contributed by atoms with van der Waals surface area (Å²) >= 11 is 1.55. The molecule has 0 aliphatic carbocycles. The molecule has 0 fully saturated rings. The lowest BCUT2D eigenvalue weighted by Gasteiger charge is -2.21. The molecular formula is C17H23N3O3S2. The predicted molar refractivity (Wildman–Crippen MR) is 103 cm³/mol. The zero-order valence-electron chi connectivity index (χ0n) is 14.8. The molecule has 1 N–H and O–H groups in total. The van der Waals surface area contributed by atoms with Crippen molar-refractivity contribution in [3.8, 4) is 11.3 Å². The predicted octanol–water partition coefficient (Wildman–Crippen LogP) is 2.97. The first-order valence-electron chi connectivity index (χ1n) is 8.13. The van der Waals surface area contributed by atoms with Gasteiger partial charge in [0.2, 0.25) is 10.0 Å². The van der Waals surface area contributed by atoms with E-state index in [1.807, 2.05) is 31.4 Å². The van der Waals surface area contributed by atoms with E-state index in [9.17, 15) is 8.42 Å². The maximum absolute atomic E-state index is 12.0. The Bertz CT molecular complexity index is 864.